The lowest BCUT2D eigenvalue weighted by molar-refractivity contribution is -0.125. The number of anilines is 1. The third-order valence-corrected chi connectivity index (χ3v) is 5.93. The van der Waals surface area contributed by atoms with Gasteiger partial charge >= 0.3 is 5.91 Å². The summed E-state index contributed by atoms with van der Waals surface area (Å²) in [4.78, 5) is 28.2. The molecule has 1 atom stereocenters. The zero-order valence-electron chi connectivity index (χ0n) is 16.9. The van der Waals surface area contributed by atoms with Gasteiger partial charge in [-0.1, -0.05) is 18.9 Å². The molecular weight excluding hydrogens is 424 g/mol. The van der Waals surface area contributed by atoms with E-state index in [1.807, 2.05) is 17.5 Å². The van der Waals surface area contributed by atoms with Gasteiger partial charge < -0.3 is 14.8 Å². The van der Waals surface area contributed by atoms with Crippen LogP contribution in [-0.4, -0.2) is 32.1 Å². The first kappa shape index (κ1) is 23.6. The van der Waals surface area contributed by atoms with Gasteiger partial charge in [-0.25, -0.2) is 0 Å². The van der Waals surface area contributed by atoms with E-state index in [4.69, 9.17) is 15.9 Å². The number of hydrogen-bond donors (Lipinski definition) is 1. The van der Waals surface area contributed by atoms with E-state index in [9.17, 15) is 9.59 Å². The fraction of sp³-hybridized carbons (Fsp3) is 0.364. The van der Waals surface area contributed by atoms with E-state index < -0.39 is 11.9 Å². The summed E-state index contributed by atoms with van der Waals surface area (Å²) in [6, 6.07) is 7.97. The molecule has 1 aromatic heterocycles. The van der Waals surface area contributed by atoms with E-state index >= 15 is 0 Å². The molecule has 0 spiro atoms. The minimum atomic E-state index is -0.864. The molecule has 1 saturated carbocycles. The van der Waals surface area contributed by atoms with Crippen LogP contribution in [0.5, 0.6) is 11.5 Å². The summed E-state index contributed by atoms with van der Waals surface area (Å²) >= 11 is 1.41. The third kappa shape index (κ3) is 5.07. The number of thiophene rings is 1. The van der Waals surface area contributed by atoms with Crippen molar-refractivity contribution in [2.45, 2.75) is 37.8 Å². The van der Waals surface area contributed by atoms with Crippen molar-refractivity contribution in [3.8, 4) is 23.8 Å². The highest BCUT2D eigenvalue weighted by atomic mass is 35.5. The number of carbonyl (C=O) groups excluding carboxylic acids is 2. The Hall–Kier alpha value is -2.69. The van der Waals surface area contributed by atoms with Crippen LogP contribution in [0.15, 0.2) is 35.7 Å². The van der Waals surface area contributed by atoms with Crippen LogP contribution in [0.25, 0.3) is 0 Å². The molecule has 1 aliphatic carbocycles. The molecule has 0 aliphatic heterocycles. The Morgan fingerprint density at radius 1 is 1.20 bits per heavy atom. The van der Waals surface area contributed by atoms with Crippen LogP contribution in [0.4, 0.5) is 5.69 Å². The third-order valence-electron chi connectivity index (χ3n) is 5.01. The van der Waals surface area contributed by atoms with E-state index in [0.717, 1.165) is 30.6 Å². The number of benzene rings is 1. The number of terminal acetylenes is 1. The molecule has 30 heavy (non-hydrogen) atoms. The van der Waals surface area contributed by atoms with E-state index in [1.54, 1.807) is 18.2 Å². The fourth-order valence-electron chi connectivity index (χ4n) is 3.60. The number of ether oxygens (including phenoxy) is 2. The van der Waals surface area contributed by atoms with Gasteiger partial charge in [-0.2, -0.15) is 0 Å². The maximum atomic E-state index is 13.3. The van der Waals surface area contributed by atoms with Crippen molar-refractivity contribution in [3.63, 3.8) is 0 Å². The normalized spacial score (nSPS) is 14.2. The molecular formula is C22H25ClN2O4S. The summed E-state index contributed by atoms with van der Waals surface area (Å²) in [7, 11) is 3.05. The topological polar surface area (TPSA) is 67.9 Å². The molecule has 1 N–H and O–H groups in total. The maximum Gasteiger partial charge on any atom is 0.303 e. The van der Waals surface area contributed by atoms with Gasteiger partial charge in [-0.05, 0) is 42.3 Å². The molecule has 1 heterocycles. The van der Waals surface area contributed by atoms with E-state index in [0.29, 0.717) is 17.2 Å². The number of hydrogen-bond acceptors (Lipinski definition) is 5. The highest BCUT2D eigenvalue weighted by molar-refractivity contribution is 7.10. The number of methoxy groups -OCH3 is 2. The Morgan fingerprint density at radius 3 is 2.47 bits per heavy atom. The zero-order chi connectivity index (χ0) is 20.8. The van der Waals surface area contributed by atoms with Gasteiger partial charge in [0.15, 0.2) is 17.5 Å². The summed E-state index contributed by atoms with van der Waals surface area (Å²) in [5.41, 5.74) is 0.463. The van der Waals surface area contributed by atoms with Crippen LogP contribution in [0.2, 0.25) is 0 Å². The predicted octanol–water partition coefficient (Wildman–Crippen LogP) is 3.95. The van der Waals surface area contributed by atoms with E-state index in [2.05, 4.69) is 11.2 Å². The Labute approximate surface area is 187 Å². The molecule has 8 heteroatoms. The largest absolute Gasteiger partial charge is 0.493 e. The van der Waals surface area contributed by atoms with Gasteiger partial charge in [0, 0.05) is 22.7 Å². The van der Waals surface area contributed by atoms with Gasteiger partial charge in [0.25, 0.3) is 0 Å². The molecule has 0 saturated heterocycles. The number of carbonyl (C=O) groups is 2. The van der Waals surface area contributed by atoms with Crippen LogP contribution >= 0.6 is 23.7 Å². The van der Waals surface area contributed by atoms with Gasteiger partial charge in [0.1, 0.15) is 0 Å². The van der Waals surface area contributed by atoms with Crippen LogP contribution in [0.3, 0.4) is 0 Å². The number of nitrogens with zero attached hydrogens (tertiary/aromatic N) is 1. The van der Waals surface area contributed by atoms with Gasteiger partial charge in [-0.3, -0.25) is 14.5 Å². The van der Waals surface area contributed by atoms with Gasteiger partial charge in [-0.15, -0.1) is 30.2 Å². The quantitative estimate of drug-likeness (QED) is 0.651. The Bertz CT molecular complexity index is 904. The molecule has 1 aromatic carbocycles. The minimum absolute atomic E-state index is 0. The van der Waals surface area contributed by atoms with Crippen LogP contribution < -0.4 is 19.7 Å². The van der Waals surface area contributed by atoms with Crippen molar-refractivity contribution >= 4 is 41.2 Å². The van der Waals surface area contributed by atoms with Crippen molar-refractivity contribution in [1.29, 1.82) is 0 Å². The average molecular weight is 449 g/mol. The minimum Gasteiger partial charge on any atom is -0.493 e. The number of halogens is 1. The maximum absolute atomic E-state index is 13.3. The summed E-state index contributed by atoms with van der Waals surface area (Å²) in [6.45, 7) is 0. The Kier molecular flexibility index (Phi) is 8.58. The lowest BCUT2D eigenvalue weighted by Crippen LogP contribution is -2.45. The zero-order valence-corrected chi connectivity index (χ0v) is 18.6. The number of amides is 2. The van der Waals surface area contributed by atoms with E-state index in [1.165, 1.54) is 30.5 Å². The standard InChI is InChI=1S/C22H24N2O4S.ClH/c1-4-20(25)24(16-11-12-17(27-2)18(14-16)28-3)21(19-10-7-13-29-19)22(26)23-15-8-5-6-9-15;/h1,7,10-15,21H,5-6,8-9H2,2-3H3,(H,23,26);1H. The second-order valence-corrected chi connectivity index (χ2v) is 7.75. The van der Waals surface area contributed by atoms with E-state index in [-0.39, 0.29) is 24.4 Å². The van der Waals surface area contributed by atoms with Gasteiger partial charge in [0.2, 0.25) is 5.91 Å². The Morgan fingerprint density at radius 2 is 1.90 bits per heavy atom. The van der Waals surface area contributed by atoms with Crippen LogP contribution in [0, 0.1) is 12.3 Å². The smallest absolute Gasteiger partial charge is 0.303 e. The summed E-state index contributed by atoms with van der Waals surface area (Å²) in [6.07, 6.45) is 9.55. The average Bonchev–Trinajstić information content (AvgIpc) is 3.45. The molecule has 2 amide bonds. The monoisotopic (exact) mass is 448 g/mol. The predicted molar refractivity (Wildman–Crippen MR) is 121 cm³/mol. The molecule has 1 unspecified atom stereocenters. The van der Waals surface area contributed by atoms with Crippen molar-refractivity contribution < 1.29 is 19.1 Å². The molecule has 1 aliphatic rings. The first-order valence-corrected chi connectivity index (χ1v) is 10.3. The van der Waals surface area contributed by atoms with Crippen molar-refractivity contribution in [1.82, 2.24) is 5.32 Å². The molecule has 0 bridgehead atoms. The van der Waals surface area contributed by atoms with Crippen molar-refractivity contribution in [2.24, 2.45) is 0 Å². The summed E-state index contributed by atoms with van der Waals surface area (Å²) < 4.78 is 10.6. The highest BCUT2D eigenvalue weighted by Crippen LogP contribution is 2.36. The first-order valence-electron chi connectivity index (χ1n) is 9.44. The second-order valence-electron chi connectivity index (χ2n) is 6.77. The molecule has 2 aromatic rings. The molecule has 160 valence electrons. The number of rotatable bonds is 7. The fourth-order valence-corrected chi connectivity index (χ4v) is 4.41. The SMILES string of the molecule is C#CC(=O)N(c1ccc(OC)c(OC)c1)C(C(=O)NC1CCCC1)c1cccs1.Cl. The second kappa shape index (κ2) is 10.9. The van der Waals surface area contributed by atoms with Crippen molar-refractivity contribution in [2.75, 3.05) is 19.1 Å². The molecule has 0 radical (unpaired) electrons. The molecule has 1 fully saturated rings. The van der Waals surface area contributed by atoms with Crippen LogP contribution in [0.1, 0.15) is 36.6 Å². The van der Waals surface area contributed by atoms with Crippen molar-refractivity contribution in [3.05, 3.63) is 40.6 Å². The van der Waals surface area contributed by atoms with Crippen LogP contribution in [-0.2, 0) is 9.59 Å². The van der Waals surface area contributed by atoms with Gasteiger partial charge in [0.05, 0.1) is 14.2 Å². The first-order chi connectivity index (χ1) is 14.1. The molecule has 3 rings (SSSR count). The molecule has 6 nitrogen and oxygen atoms in total. The highest BCUT2D eigenvalue weighted by Gasteiger charge is 2.34. The Balaban J connectivity index is 0.00000320. The summed E-state index contributed by atoms with van der Waals surface area (Å²) in [5.74, 6) is 2.29. The lowest BCUT2D eigenvalue weighted by Gasteiger charge is -2.30. The number of nitrogens with one attached hydrogen (secondary N) is 1. The lowest BCUT2D eigenvalue weighted by atomic mass is 10.1. The summed E-state index contributed by atoms with van der Waals surface area (Å²) in [5, 5.41) is 4.97.